The summed E-state index contributed by atoms with van der Waals surface area (Å²) in [6.45, 7) is 0.238. The van der Waals surface area contributed by atoms with Crippen molar-refractivity contribution in [2.75, 3.05) is 11.6 Å². The molecule has 0 bridgehead atoms. The monoisotopic (exact) mass is 429 g/mol. The van der Waals surface area contributed by atoms with E-state index >= 15 is 0 Å². The number of halogens is 3. The van der Waals surface area contributed by atoms with Gasteiger partial charge in [0.2, 0.25) is 0 Å². The summed E-state index contributed by atoms with van der Waals surface area (Å²) < 4.78 is 64.8. The predicted octanol–water partition coefficient (Wildman–Crippen LogP) is 4.14. The number of alkyl halides is 3. The highest BCUT2D eigenvalue weighted by Crippen LogP contribution is 2.33. The first-order valence-corrected chi connectivity index (χ1v) is 11.2. The first kappa shape index (κ1) is 21.4. The van der Waals surface area contributed by atoms with Gasteiger partial charge in [-0.2, -0.15) is 18.3 Å². The van der Waals surface area contributed by atoms with Crippen LogP contribution in [0.5, 0.6) is 0 Å². The second kappa shape index (κ2) is 8.17. The molecule has 1 saturated carbocycles. The van der Waals surface area contributed by atoms with Crippen molar-refractivity contribution >= 4 is 21.4 Å². The Labute approximate surface area is 167 Å². The molecule has 3 rings (SSSR count). The van der Waals surface area contributed by atoms with Crippen molar-refractivity contribution in [3.05, 3.63) is 41.7 Å². The molecule has 1 N–H and O–H groups in total. The largest absolute Gasteiger partial charge is 0.420 e. The molecule has 1 fully saturated rings. The van der Waals surface area contributed by atoms with E-state index in [0.29, 0.717) is 6.20 Å². The third-order valence-corrected chi connectivity index (χ3v) is 6.15. The van der Waals surface area contributed by atoms with Crippen LogP contribution in [0.15, 0.2) is 35.4 Å². The summed E-state index contributed by atoms with van der Waals surface area (Å²) >= 11 is 0. The Balaban J connectivity index is 1.91. The van der Waals surface area contributed by atoms with Crippen LogP contribution in [-0.2, 0) is 22.6 Å². The molecule has 1 heterocycles. The summed E-state index contributed by atoms with van der Waals surface area (Å²) in [6.07, 6.45) is 1.85. The predicted molar refractivity (Wildman–Crippen MR) is 101 cm³/mol. The normalized spacial score (nSPS) is 16.0. The number of nitrogens with zero attached hydrogens (tertiary/aromatic N) is 2. The molecule has 1 aromatic carbocycles. The van der Waals surface area contributed by atoms with Gasteiger partial charge in [-0.25, -0.2) is 8.42 Å². The lowest BCUT2D eigenvalue weighted by Gasteiger charge is -2.22. The number of amides is 1. The SMILES string of the molecule is CS(=O)(=O)c1cccc(NC(=O)c2c(C(F)(F)F)cnn2CC2CCCCC2)c1. The number of nitrogens with one attached hydrogen (secondary N) is 1. The van der Waals surface area contributed by atoms with E-state index < -0.39 is 33.2 Å². The molecular formula is C19H22F3N3O3S. The molecule has 158 valence electrons. The van der Waals surface area contributed by atoms with Crippen LogP contribution >= 0.6 is 0 Å². The zero-order valence-electron chi connectivity index (χ0n) is 15.9. The molecule has 0 unspecified atom stereocenters. The van der Waals surface area contributed by atoms with E-state index in [2.05, 4.69) is 10.4 Å². The second-order valence-corrected chi connectivity index (χ2v) is 9.36. The molecule has 0 spiro atoms. The number of aromatic nitrogens is 2. The number of sulfone groups is 1. The smallest absolute Gasteiger partial charge is 0.321 e. The quantitative estimate of drug-likeness (QED) is 0.775. The van der Waals surface area contributed by atoms with Gasteiger partial charge >= 0.3 is 6.18 Å². The van der Waals surface area contributed by atoms with Crippen LogP contribution in [0.25, 0.3) is 0 Å². The third kappa shape index (κ3) is 5.17. The van der Waals surface area contributed by atoms with E-state index in [-0.39, 0.29) is 23.0 Å². The lowest BCUT2D eigenvalue weighted by molar-refractivity contribution is -0.138. The van der Waals surface area contributed by atoms with Gasteiger partial charge in [0.05, 0.1) is 11.1 Å². The maximum atomic E-state index is 13.4. The minimum atomic E-state index is -4.73. The molecule has 10 heteroatoms. The van der Waals surface area contributed by atoms with Gasteiger partial charge in [-0.1, -0.05) is 25.3 Å². The highest BCUT2D eigenvalue weighted by Gasteiger charge is 2.39. The van der Waals surface area contributed by atoms with Gasteiger partial charge in [0.15, 0.2) is 9.84 Å². The van der Waals surface area contributed by atoms with Crippen LogP contribution in [0.4, 0.5) is 18.9 Å². The Morgan fingerprint density at radius 1 is 1.24 bits per heavy atom. The fraction of sp³-hybridized carbons (Fsp3) is 0.474. The fourth-order valence-corrected chi connectivity index (χ4v) is 4.25. The number of hydrogen-bond acceptors (Lipinski definition) is 4. The summed E-state index contributed by atoms with van der Waals surface area (Å²) in [4.78, 5) is 12.7. The topological polar surface area (TPSA) is 81.1 Å². The number of rotatable bonds is 5. The lowest BCUT2D eigenvalue weighted by atomic mass is 9.89. The number of carbonyl (C=O) groups is 1. The van der Waals surface area contributed by atoms with Crippen molar-refractivity contribution < 1.29 is 26.4 Å². The highest BCUT2D eigenvalue weighted by molar-refractivity contribution is 7.90. The minimum absolute atomic E-state index is 0.0398. The Kier molecular flexibility index (Phi) is 6.02. The molecule has 2 aromatic rings. The third-order valence-electron chi connectivity index (χ3n) is 5.04. The van der Waals surface area contributed by atoms with E-state index in [4.69, 9.17) is 0 Å². The molecule has 1 aliphatic rings. The van der Waals surface area contributed by atoms with Gasteiger partial charge in [-0.15, -0.1) is 0 Å². The van der Waals surface area contributed by atoms with Crippen LogP contribution in [0.3, 0.4) is 0 Å². The summed E-state index contributed by atoms with van der Waals surface area (Å²) in [6, 6.07) is 5.39. The minimum Gasteiger partial charge on any atom is -0.321 e. The Morgan fingerprint density at radius 2 is 1.93 bits per heavy atom. The lowest BCUT2D eigenvalue weighted by Crippen LogP contribution is -2.24. The van der Waals surface area contributed by atoms with E-state index in [0.717, 1.165) is 43.0 Å². The molecule has 1 aromatic heterocycles. The van der Waals surface area contributed by atoms with E-state index in [1.807, 2.05) is 0 Å². The molecule has 1 aliphatic carbocycles. The molecule has 0 saturated heterocycles. The van der Waals surface area contributed by atoms with Gasteiger partial charge in [-0.3, -0.25) is 9.48 Å². The van der Waals surface area contributed by atoms with E-state index in [1.165, 1.54) is 24.3 Å². The number of benzene rings is 1. The average Bonchev–Trinajstić information content (AvgIpc) is 3.06. The summed E-state index contributed by atoms with van der Waals surface area (Å²) in [5.74, 6) is -0.805. The first-order valence-electron chi connectivity index (χ1n) is 9.30. The van der Waals surface area contributed by atoms with Gasteiger partial charge in [0, 0.05) is 18.5 Å². The van der Waals surface area contributed by atoms with Crippen LogP contribution in [0.2, 0.25) is 0 Å². The van der Waals surface area contributed by atoms with Gasteiger partial charge in [-0.05, 0) is 37.0 Å². The standard InChI is InChI=1S/C19H22F3N3O3S/c1-29(27,28)15-9-5-8-14(10-15)24-18(26)17-16(19(20,21)22)11-23-25(17)12-13-6-3-2-4-7-13/h5,8-11,13H,2-4,6-7,12H2,1H3,(H,24,26). The van der Waals surface area contributed by atoms with Crippen LogP contribution < -0.4 is 5.32 Å². The van der Waals surface area contributed by atoms with Crippen molar-refractivity contribution in [3.8, 4) is 0 Å². The maximum Gasteiger partial charge on any atom is 0.420 e. The molecule has 6 nitrogen and oxygen atoms in total. The van der Waals surface area contributed by atoms with Crippen molar-refractivity contribution in [1.29, 1.82) is 0 Å². The summed E-state index contributed by atoms with van der Waals surface area (Å²) in [7, 11) is -3.52. The van der Waals surface area contributed by atoms with Crippen LogP contribution in [0.1, 0.15) is 48.2 Å². The number of hydrogen-bond donors (Lipinski definition) is 1. The first-order chi connectivity index (χ1) is 13.6. The Bertz CT molecular complexity index is 994. The molecule has 0 radical (unpaired) electrons. The molecule has 0 atom stereocenters. The van der Waals surface area contributed by atoms with Gasteiger partial charge in [0.1, 0.15) is 11.3 Å². The van der Waals surface area contributed by atoms with Crippen molar-refractivity contribution in [2.24, 2.45) is 5.92 Å². The summed E-state index contributed by atoms with van der Waals surface area (Å²) in [5.41, 5.74) is -1.57. The zero-order valence-corrected chi connectivity index (χ0v) is 16.7. The number of anilines is 1. The van der Waals surface area contributed by atoms with Crippen molar-refractivity contribution in [1.82, 2.24) is 9.78 Å². The maximum absolute atomic E-state index is 13.4. The van der Waals surface area contributed by atoms with Crippen LogP contribution in [-0.4, -0.2) is 30.4 Å². The molecule has 1 amide bonds. The fourth-order valence-electron chi connectivity index (χ4n) is 3.58. The Hall–Kier alpha value is -2.36. The Morgan fingerprint density at radius 3 is 2.55 bits per heavy atom. The number of carbonyl (C=O) groups excluding carboxylic acids is 1. The average molecular weight is 429 g/mol. The molecule has 29 heavy (non-hydrogen) atoms. The zero-order chi connectivity index (χ0) is 21.2. The van der Waals surface area contributed by atoms with Gasteiger partial charge in [0.25, 0.3) is 5.91 Å². The highest BCUT2D eigenvalue weighted by atomic mass is 32.2. The van der Waals surface area contributed by atoms with E-state index in [1.54, 1.807) is 0 Å². The molecule has 0 aliphatic heterocycles. The van der Waals surface area contributed by atoms with Crippen molar-refractivity contribution in [3.63, 3.8) is 0 Å². The molecular weight excluding hydrogens is 407 g/mol. The van der Waals surface area contributed by atoms with Gasteiger partial charge < -0.3 is 5.32 Å². The van der Waals surface area contributed by atoms with Crippen LogP contribution in [0, 0.1) is 5.92 Å². The van der Waals surface area contributed by atoms with Crippen molar-refractivity contribution in [2.45, 2.75) is 49.7 Å². The summed E-state index contributed by atoms with van der Waals surface area (Å²) in [5, 5.41) is 6.22. The second-order valence-electron chi connectivity index (χ2n) is 7.34. The van der Waals surface area contributed by atoms with E-state index in [9.17, 15) is 26.4 Å².